The minimum absolute atomic E-state index is 0.302. The molecule has 0 aliphatic heterocycles. The molecule has 2 saturated carbocycles. The molecule has 0 N–H and O–H groups in total. The molecule has 4 atom stereocenters. The zero-order valence-corrected chi connectivity index (χ0v) is 10.6. The smallest absolute Gasteiger partial charge is 0.140 e. The Morgan fingerprint density at radius 2 is 2.00 bits per heavy atom. The maximum atomic E-state index is 12.2. The molecule has 0 spiro atoms. The Bertz CT molecular complexity index is 282. The molecular formula is C13H23NO. The van der Waals surface area contributed by atoms with Crippen LogP contribution in [-0.2, 0) is 4.79 Å². The summed E-state index contributed by atoms with van der Waals surface area (Å²) in [5.41, 5.74) is 0.360. The quantitative estimate of drug-likeness (QED) is 0.693. The van der Waals surface area contributed by atoms with Crippen LogP contribution in [0.25, 0.3) is 0 Å². The molecule has 2 fully saturated rings. The first kappa shape index (κ1) is 11.1. The highest BCUT2D eigenvalue weighted by molar-refractivity contribution is 5.87. The first-order valence-corrected chi connectivity index (χ1v) is 6.04. The molecular weight excluding hydrogens is 186 g/mol. The van der Waals surface area contributed by atoms with Crippen molar-refractivity contribution in [2.45, 2.75) is 27.2 Å². The number of fused-ring (bicyclic) bond motifs is 2. The molecule has 0 amide bonds. The molecule has 0 radical (unpaired) electrons. The Balaban J connectivity index is 2.21. The van der Waals surface area contributed by atoms with Crippen molar-refractivity contribution in [3.8, 4) is 0 Å². The first-order chi connectivity index (χ1) is 6.85. The molecule has 0 unspecified atom stereocenters. The van der Waals surface area contributed by atoms with Gasteiger partial charge in [0.2, 0.25) is 0 Å². The second-order valence-electron chi connectivity index (χ2n) is 6.33. The van der Waals surface area contributed by atoms with E-state index in [2.05, 4.69) is 39.8 Å². The molecule has 15 heavy (non-hydrogen) atoms. The van der Waals surface area contributed by atoms with E-state index in [9.17, 15) is 4.79 Å². The van der Waals surface area contributed by atoms with Gasteiger partial charge >= 0.3 is 0 Å². The van der Waals surface area contributed by atoms with Crippen LogP contribution in [-0.4, -0.2) is 31.3 Å². The van der Waals surface area contributed by atoms with Gasteiger partial charge in [-0.05, 0) is 37.8 Å². The van der Waals surface area contributed by atoms with Crippen LogP contribution in [0.4, 0.5) is 0 Å². The van der Waals surface area contributed by atoms with Crippen LogP contribution in [0.1, 0.15) is 27.2 Å². The van der Waals surface area contributed by atoms with Crippen molar-refractivity contribution in [1.82, 2.24) is 4.90 Å². The molecule has 0 aromatic rings. The first-order valence-electron chi connectivity index (χ1n) is 6.04. The number of ketones is 1. The number of carbonyl (C=O) groups is 1. The third-order valence-electron chi connectivity index (χ3n) is 5.02. The molecule has 0 aromatic heterocycles. The van der Waals surface area contributed by atoms with Crippen molar-refractivity contribution in [3.05, 3.63) is 0 Å². The largest absolute Gasteiger partial charge is 0.309 e. The number of nitrogens with zero attached hydrogens (tertiary/aromatic N) is 1. The molecule has 2 nitrogen and oxygen atoms in total. The summed E-state index contributed by atoms with van der Waals surface area (Å²) >= 11 is 0. The molecule has 0 saturated heterocycles. The van der Waals surface area contributed by atoms with Gasteiger partial charge in [-0.2, -0.15) is 0 Å². The summed E-state index contributed by atoms with van der Waals surface area (Å²) in [5.74, 6) is 2.40. The second kappa shape index (κ2) is 3.31. The summed E-state index contributed by atoms with van der Waals surface area (Å²) in [6, 6.07) is 0. The third kappa shape index (κ3) is 1.45. The standard InChI is InChI=1S/C13H23NO/c1-8-9-6-11(13(8,2)3)10(12(9)15)7-14(4)5/h8-11H,6-7H2,1-5H3/t8-,9-,10-,11+/m0/s1. The number of carbonyl (C=O) groups excluding carboxylic acids is 1. The lowest BCUT2D eigenvalue weighted by molar-refractivity contribution is -0.131. The van der Waals surface area contributed by atoms with E-state index in [-0.39, 0.29) is 0 Å². The Morgan fingerprint density at radius 3 is 2.47 bits per heavy atom. The van der Waals surface area contributed by atoms with Gasteiger partial charge in [0.25, 0.3) is 0 Å². The fraction of sp³-hybridized carbons (Fsp3) is 0.923. The van der Waals surface area contributed by atoms with Crippen molar-refractivity contribution in [2.24, 2.45) is 29.1 Å². The van der Waals surface area contributed by atoms with E-state index in [0.29, 0.717) is 34.9 Å². The summed E-state index contributed by atoms with van der Waals surface area (Å²) in [6.45, 7) is 7.89. The highest BCUT2D eigenvalue weighted by Gasteiger charge is 2.59. The molecule has 86 valence electrons. The zero-order valence-electron chi connectivity index (χ0n) is 10.6. The Hall–Kier alpha value is -0.370. The van der Waals surface area contributed by atoms with E-state index < -0.39 is 0 Å². The number of hydrogen-bond acceptors (Lipinski definition) is 2. The average Bonchev–Trinajstić information content (AvgIpc) is 2.52. The molecule has 2 heteroatoms. The molecule has 2 bridgehead atoms. The summed E-state index contributed by atoms with van der Waals surface area (Å²) < 4.78 is 0. The molecule has 2 aliphatic carbocycles. The highest BCUT2D eigenvalue weighted by atomic mass is 16.1. The predicted octanol–water partition coefficient (Wildman–Crippen LogP) is 2.05. The van der Waals surface area contributed by atoms with E-state index in [4.69, 9.17) is 0 Å². The minimum Gasteiger partial charge on any atom is -0.309 e. The Kier molecular flexibility index (Phi) is 2.45. The van der Waals surface area contributed by atoms with Gasteiger partial charge in [-0.15, -0.1) is 0 Å². The minimum atomic E-state index is 0.302. The summed E-state index contributed by atoms with van der Waals surface area (Å²) in [6.07, 6.45) is 1.14. The van der Waals surface area contributed by atoms with Crippen molar-refractivity contribution < 1.29 is 4.79 Å². The van der Waals surface area contributed by atoms with E-state index in [1.165, 1.54) is 0 Å². The second-order valence-corrected chi connectivity index (χ2v) is 6.33. The summed E-state index contributed by atoms with van der Waals surface area (Å²) in [7, 11) is 4.13. The van der Waals surface area contributed by atoms with Gasteiger partial charge in [0.1, 0.15) is 5.78 Å². The van der Waals surface area contributed by atoms with Gasteiger partial charge in [0.05, 0.1) is 0 Å². The zero-order chi connectivity index (χ0) is 11.4. The predicted molar refractivity (Wildman–Crippen MR) is 61.6 cm³/mol. The summed E-state index contributed by atoms with van der Waals surface area (Å²) in [4.78, 5) is 14.3. The number of hydrogen-bond donors (Lipinski definition) is 0. The van der Waals surface area contributed by atoms with Crippen LogP contribution in [0.5, 0.6) is 0 Å². The third-order valence-corrected chi connectivity index (χ3v) is 5.02. The van der Waals surface area contributed by atoms with E-state index in [0.717, 1.165) is 13.0 Å². The van der Waals surface area contributed by atoms with Crippen molar-refractivity contribution in [2.75, 3.05) is 20.6 Å². The summed E-state index contributed by atoms with van der Waals surface area (Å²) in [5, 5.41) is 0. The van der Waals surface area contributed by atoms with E-state index in [1.54, 1.807) is 0 Å². The molecule has 2 rings (SSSR count). The normalized spacial score (nSPS) is 42.9. The van der Waals surface area contributed by atoms with Crippen molar-refractivity contribution in [1.29, 1.82) is 0 Å². The number of rotatable bonds is 2. The molecule has 0 aromatic carbocycles. The van der Waals surface area contributed by atoms with Crippen LogP contribution in [0.3, 0.4) is 0 Å². The topological polar surface area (TPSA) is 20.3 Å². The Morgan fingerprint density at radius 1 is 1.40 bits per heavy atom. The van der Waals surface area contributed by atoms with Gasteiger partial charge in [0.15, 0.2) is 0 Å². The number of Topliss-reactive ketones (excluding diaryl/α,β-unsaturated/α-hetero) is 1. The lowest BCUT2D eigenvalue weighted by Crippen LogP contribution is -2.43. The fourth-order valence-corrected chi connectivity index (χ4v) is 3.77. The van der Waals surface area contributed by atoms with Gasteiger partial charge in [0, 0.05) is 18.4 Å². The average molecular weight is 209 g/mol. The van der Waals surface area contributed by atoms with Crippen LogP contribution < -0.4 is 0 Å². The van der Waals surface area contributed by atoms with Crippen LogP contribution >= 0.6 is 0 Å². The fourth-order valence-electron chi connectivity index (χ4n) is 3.77. The van der Waals surface area contributed by atoms with Gasteiger partial charge in [-0.3, -0.25) is 4.79 Å². The van der Waals surface area contributed by atoms with Gasteiger partial charge < -0.3 is 4.90 Å². The molecule has 0 heterocycles. The lowest BCUT2D eigenvalue weighted by Gasteiger charge is -2.40. The lowest BCUT2D eigenvalue weighted by atomic mass is 9.65. The highest BCUT2D eigenvalue weighted by Crippen LogP contribution is 2.59. The Labute approximate surface area is 93.0 Å². The molecule has 2 aliphatic rings. The van der Waals surface area contributed by atoms with E-state index >= 15 is 0 Å². The SMILES string of the molecule is C[C@H]1[C@@H]2C[C@H]([C@H](CN(C)C)C2=O)C1(C)C. The van der Waals surface area contributed by atoms with Crippen molar-refractivity contribution >= 4 is 5.78 Å². The van der Waals surface area contributed by atoms with Crippen LogP contribution in [0.15, 0.2) is 0 Å². The maximum absolute atomic E-state index is 12.2. The van der Waals surface area contributed by atoms with Gasteiger partial charge in [-0.1, -0.05) is 20.8 Å². The van der Waals surface area contributed by atoms with Gasteiger partial charge in [-0.25, -0.2) is 0 Å². The van der Waals surface area contributed by atoms with Crippen LogP contribution in [0.2, 0.25) is 0 Å². The van der Waals surface area contributed by atoms with Crippen molar-refractivity contribution in [3.63, 3.8) is 0 Å². The monoisotopic (exact) mass is 209 g/mol. The van der Waals surface area contributed by atoms with Crippen LogP contribution in [0, 0.1) is 29.1 Å². The maximum Gasteiger partial charge on any atom is 0.140 e. The van der Waals surface area contributed by atoms with E-state index in [1.807, 2.05) is 0 Å².